The Bertz CT molecular complexity index is 914. The maximum atomic E-state index is 2.50. The third kappa shape index (κ3) is 3.35. The Kier molecular flexibility index (Phi) is 4.80. The standard InChI is InChI=1S/C25H31N3/c1-25(2,3)20-14-12-19(13-15-20)24-23-11-8-16-27(23)21-9-6-7-10-22(21)28(24)18-17-26(4)5/h6-15H,16-18H2,1-5H3. The molecule has 4 rings (SSSR count). The largest absolute Gasteiger partial charge is 0.336 e. The fraction of sp³-hybridized carbons (Fsp3) is 0.360. The lowest BCUT2D eigenvalue weighted by Gasteiger charge is -2.40. The highest BCUT2D eigenvalue weighted by atomic mass is 15.3. The van der Waals surface area contributed by atoms with Crippen LogP contribution in [-0.4, -0.2) is 38.6 Å². The lowest BCUT2D eigenvalue weighted by Crippen LogP contribution is -2.37. The van der Waals surface area contributed by atoms with Gasteiger partial charge in [-0.05, 0) is 43.3 Å². The summed E-state index contributed by atoms with van der Waals surface area (Å²) in [5.41, 5.74) is 8.04. The molecular formula is C25H31N3. The molecule has 0 aromatic heterocycles. The van der Waals surface area contributed by atoms with Crippen molar-refractivity contribution < 1.29 is 0 Å². The Hall–Kier alpha value is -2.52. The first-order valence-electron chi connectivity index (χ1n) is 10.2. The summed E-state index contributed by atoms with van der Waals surface area (Å²) < 4.78 is 0. The van der Waals surface area contributed by atoms with E-state index in [1.54, 1.807) is 0 Å². The van der Waals surface area contributed by atoms with Gasteiger partial charge in [0, 0.05) is 25.2 Å². The smallest absolute Gasteiger partial charge is 0.0726 e. The molecule has 0 unspecified atom stereocenters. The van der Waals surface area contributed by atoms with E-state index in [1.807, 2.05) is 0 Å². The van der Waals surface area contributed by atoms with E-state index in [1.165, 1.54) is 33.9 Å². The molecular weight excluding hydrogens is 342 g/mol. The number of fused-ring (bicyclic) bond motifs is 3. The Balaban J connectivity index is 1.83. The van der Waals surface area contributed by atoms with Crippen LogP contribution in [0.5, 0.6) is 0 Å². The van der Waals surface area contributed by atoms with Crippen molar-refractivity contribution in [1.29, 1.82) is 0 Å². The van der Waals surface area contributed by atoms with Crippen LogP contribution in [-0.2, 0) is 5.41 Å². The SMILES string of the molecule is CN(C)CCN1C(c2ccc(C(C)(C)C)cc2)=C2C=CCN2c2ccccc21. The van der Waals surface area contributed by atoms with E-state index in [2.05, 4.69) is 110 Å². The van der Waals surface area contributed by atoms with Crippen LogP contribution in [0.25, 0.3) is 5.70 Å². The van der Waals surface area contributed by atoms with Gasteiger partial charge in [0.25, 0.3) is 0 Å². The molecule has 2 aliphatic heterocycles. The highest BCUT2D eigenvalue weighted by Gasteiger charge is 2.31. The first kappa shape index (κ1) is 18.8. The lowest BCUT2D eigenvalue weighted by molar-refractivity contribution is 0.419. The molecule has 0 atom stereocenters. The van der Waals surface area contributed by atoms with Crippen molar-refractivity contribution in [3.63, 3.8) is 0 Å². The quantitative estimate of drug-likeness (QED) is 0.737. The molecule has 0 amide bonds. The van der Waals surface area contributed by atoms with Crippen LogP contribution in [0.2, 0.25) is 0 Å². The molecule has 28 heavy (non-hydrogen) atoms. The molecule has 2 heterocycles. The molecule has 0 bridgehead atoms. The third-order valence-electron chi connectivity index (χ3n) is 5.63. The molecule has 0 spiro atoms. The molecule has 2 aromatic carbocycles. The van der Waals surface area contributed by atoms with Gasteiger partial charge >= 0.3 is 0 Å². The monoisotopic (exact) mass is 373 g/mol. The maximum Gasteiger partial charge on any atom is 0.0726 e. The summed E-state index contributed by atoms with van der Waals surface area (Å²) in [7, 11) is 4.28. The number of hydrogen-bond acceptors (Lipinski definition) is 3. The average Bonchev–Trinajstić information content (AvgIpc) is 3.15. The number of allylic oxidation sites excluding steroid dienone is 1. The van der Waals surface area contributed by atoms with Gasteiger partial charge in [-0.1, -0.05) is 63.2 Å². The summed E-state index contributed by atoms with van der Waals surface area (Å²) >= 11 is 0. The zero-order chi connectivity index (χ0) is 19.9. The molecule has 0 saturated heterocycles. The van der Waals surface area contributed by atoms with Gasteiger partial charge in [-0.2, -0.15) is 0 Å². The Morgan fingerprint density at radius 2 is 1.61 bits per heavy atom. The Morgan fingerprint density at radius 1 is 0.929 bits per heavy atom. The number of anilines is 2. The summed E-state index contributed by atoms with van der Waals surface area (Å²) in [6, 6.07) is 18.0. The highest BCUT2D eigenvalue weighted by Crippen LogP contribution is 2.45. The minimum Gasteiger partial charge on any atom is -0.336 e. The molecule has 2 aliphatic rings. The van der Waals surface area contributed by atoms with Crippen molar-refractivity contribution in [2.75, 3.05) is 43.5 Å². The minimum absolute atomic E-state index is 0.166. The van der Waals surface area contributed by atoms with E-state index in [9.17, 15) is 0 Å². The van der Waals surface area contributed by atoms with Crippen LogP contribution >= 0.6 is 0 Å². The van der Waals surface area contributed by atoms with Crippen molar-refractivity contribution in [2.24, 2.45) is 0 Å². The van der Waals surface area contributed by atoms with Gasteiger partial charge in [0.1, 0.15) is 0 Å². The molecule has 0 N–H and O–H groups in total. The fourth-order valence-corrected chi connectivity index (χ4v) is 4.04. The molecule has 146 valence electrons. The topological polar surface area (TPSA) is 9.72 Å². The van der Waals surface area contributed by atoms with Crippen LogP contribution in [0, 0.1) is 0 Å². The van der Waals surface area contributed by atoms with Gasteiger partial charge in [-0.3, -0.25) is 0 Å². The van der Waals surface area contributed by atoms with Gasteiger partial charge in [-0.15, -0.1) is 0 Å². The molecule has 0 saturated carbocycles. The van der Waals surface area contributed by atoms with Gasteiger partial charge in [0.2, 0.25) is 0 Å². The van der Waals surface area contributed by atoms with E-state index < -0.39 is 0 Å². The van der Waals surface area contributed by atoms with Crippen LogP contribution in [0.3, 0.4) is 0 Å². The normalized spacial score (nSPS) is 16.1. The van der Waals surface area contributed by atoms with Crippen LogP contribution in [0.4, 0.5) is 11.4 Å². The van der Waals surface area contributed by atoms with E-state index >= 15 is 0 Å². The lowest BCUT2D eigenvalue weighted by atomic mass is 9.86. The zero-order valence-corrected chi connectivity index (χ0v) is 17.7. The predicted octanol–water partition coefficient (Wildman–Crippen LogP) is 5.11. The number of nitrogens with zero attached hydrogens (tertiary/aromatic N) is 3. The second-order valence-corrected chi connectivity index (χ2v) is 9.02. The number of para-hydroxylation sites is 2. The van der Waals surface area contributed by atoms with Gasteiger partial charge in [0.05, 0.1) is 22.8 Å². The van der Waals surface area contributed by atoms with Crippen molar-refractivity contribution in [2.45, 2.75) is 26.2 Å². The maximum absolute atomic E-state index is 2.50. The number of benzene rings is 2. The molecule has 0 fully saturated rings. The summed E-state index contributed by atoms with van der Waals surface area (Å²) in [4.78, 5) is 7.20. The summed E-state index contributed by atoms with van der Waals surface area (Å²) in [5.74, 6) is 0. The molecule has 0 aliphatic carbocycles. The summed E-state index contributed by atoms with van der Waals surface area (Å²) in [6.07, 6.45) is 4.55. The van der Waals surface area contributed by atoms with Crippen LogP contribution < -0.4 is 9.80 Å². The van der Waals surface area contributed by atoms with E-state index in [4.69, 9.17) is 0 Å². The predicted molar refractivity (Wildman–Crippen MR) is 121 cm³/mol. The first-order valence-corrected chi connectivity index (χ1v) is 10.2. The van der Waals surface area contributed by atoms with Crippen molar-refractivity contribution in [3.05, 3.63) is 77.5 Å². The molecule has 2 aromatic rings. The Labute approximate surface area is 169 Å². The van der Waals surface area contributed by atoms with Gasteiger partial charge in [0.15, 0.2) is 0 Å². The summed E-state index contributed by atoms with van der Waals surface area (Å²) in [6.45, 7) is 9.72. The van der Waals surface area contributed by atoms with Crippen molar-refractivity contribution in [1.82, 2.24) is 4.90 Å². The number of likely N-dealkylation sites (N-methyl/N-ethyl adjacent to an activating group) is 1. The van der Waals surface area contributed by atoms with E-state index in [0.29, 0.717) is 0 Å². The number of hydrogen-bond donors (Lipinski definition) is 0. The highest BCUT2D eigenvalue weighted by molar-refractivity contribution is 5.95. The fourth-order valence-electron chi connectivity index (χ4n) is 4.04. The molecule has 0 radical (unpaired) electrons. The van der Waals surface area contributed by atoms with Crippen molar-refractivity contribution in [3.8, 4) is 0 Å². The number of rotatable bonds is 4. The van der Waals surface area contributed by atoms with Crippen LogP contribution in [0.15, 0.2) is 66.4 Å². The molecule has 3 heteroatoms. The average molecular weight is 374 g/mol. The molecule has 3 nitrogen and oxygen atoms in total. The van der Waals surface area contributed by atoms with Crippen LogP contribution in [0.1, 0.15) is 31.9 Å². The van der Waals surface area contributed by atoms with Gasteiger partial charge in [-0.25, -0.2) is 0 Å². The summed E-state index contributed by atoms with van der Waals surface area (Å²) in [5, 5.41) is 0. The minimum atomic E-state index is 0.166. The second-order valence-electron chi connectivity index (χ2n) is 9.02. The third-order valence-corrected chi connectivity index (χ3v) is 5.63. The van der Waals surface area contributed by atoms with Gasteiger partial charge < -0.3 is 14.7 Å². The first-order chi connectivity index (χ1) is 13.4. The van der Waals surface area contributed by atoms with E-state index in [-0.39, 0.29) is 5.41 Å². The van der Waals surface area contributed by atoms with E-state index in [0.717, 1.165) is 19.6 Å². The van der Waals surface area contributed by atoms with Crippen molar-refractivity contribution >= 4 is 17.1 Å². The second kappa shape index (κ2) is 7.14. The Morgan fingerprint density at radius 3 is 2.25 bits per heavy atom. The zero-order valence-electron chi connectivity index (χ0n) is 17.7.